The molecule has 0 radical (unpaired) electrons. The standard InChI is InChI=1S/C23H20F2N4O2/c24-16-9-15(10-17(25)11-16)21-4-5-22-27-29(23(30)28(21)22)18-12-20(13-18)31-19-3-1-2-14(8-19)6-7-26/h1-3,8-11,18,20-21H,4-6,12-13H2/t18-,20-,21-/m0/s1. The second kappa shape index (κ2) is 7.65. The second-order valence-corrected chi connectivity index (χ2v) is 8.12. The highest BCUT2D eigenvalue weighted by atomic mass is 19.1. The van der Waals surface area contributed by atoms with Crippen molar-refractivity contribution in [2.45, 2.75) is 50.3 Å². The Morgan fingerprint density at radius 1 is 1.16 bits per heavy atom. The lowest BCUT2D eigenvalue weighted by Crippen LogP contribution is -2.41. The molecule has 3 aromatic rings. The summed E-state index contributed by atoms with van der Waals surface area (Å²) in [5, 5.41) is 13.3. The summed E-state index contributed by atoms with van der Waals surface area (Å²) in [6, 6.07) is 12.5. The van der Waals surface area contributed by atoms with Gasteiger partial charge in [-0.2, -0.15) is 10.4 Å². The number of hydrogen-bond donors (Lipinski definition) is 0. The van der Waals surface area contributed by atoms with Crippen LogP contribution in [0.4, 0.5) is 8.78 Å². The third-order valence-electron chi connectivity index (χ3n) is 6.03. The van der Waals surface area contributed by atoms with E-state index in [1.807, 2.05) is 24.3 Å². The van der Waals surface area contributed by atoms with E-state index in [1.54, 1.807) is 4.57 Å². The van der Waals surface area contributed by atoms with Crippen LogP contribution in [0.25, 0.3) is 0 Å². The molecule has 1 atom stereocenters. The Kier molecular flexibility index (Phi) is 4.81. The zero-order valence-corrected chi connectivity index (χ0v) is 16.7. The van der Waals surface area contributed by atoms with Gasteiger partial charge in [0, 0.05) is 25.3 Å². The molecule has 5 rings (SSSR count). The summed E-state index contributed by atoms with van der Waals surface area (Å²) < 4.78 is 36.4. The molecule has 2 aliphatic rings. The molecule has 1 aliphatic heterocycles. The normalized spacial score (nSPS) is 21.9. The van der Waals surface area contributed by atoms with Crippen LogP contribution >= 0.6 is 0 Å². The van der Waals surface area contributed by atoms with Crippen molar-refractivity contribution in [1.29, 1.82) is 5.26 Å². The number of nitriles is 1. The highest BCUT2D eigenvalue weighted by Crippen LogP contribution is 2.36. The molecule has 0 saturated heterocycles. The van der Waals surface area contributed by atoms with E-state index in [2.05, 4.69) is 11.2 Å². The topological polar surface area (TPSA) is 72.8 Å². The van der Waals surface area contributed by atoms with Crippen LogP contribution in [-0.4, -0.2) is 20.5 Å². The van der Waals surface area contributed by atoms with Gasteiger partial charge >= 0.3 is 5.69 Å². The molecular weight excluding hydrogens is 402 g/mol. The molecule has 1 aromatic heterocycles. The van der Waals surface area contributed by atoms with Crippen molar-refractivity contribution in [3.63, 3.8) is 0 Å². The monoisotopic (exact) mass is 422 g/mol. The number of aromatic nitrogens is 3. The number of fused-ring (bicyclic) bond motifs is 1. The molecule has 8 heteroatoms. The SMILES string of the molecule is N#CCc1cccc(O[C@H]2C[C@H](n3nc4n(c3=O)[C@H](c3cc(F)cc(F)c3)CC4)C2)c1. The van der Waals surface area contributed by atoms with Crippen LogP contribution < -0.4 is 10.4 Å². The minimum absolute atomic E-state index is 0.0288. The maximum atomic E-state index is 13.7. The quantitative estimate of drug-likeness (QED) is 0.628. The van der Waals surface area contributed by atoms with Crippen LogP contribution in [0.15, 0.2) is 47.3 Å². The average molecular weight is 422 g/mol. The van der Waals surface area contributed by atoms with Gasteiger partial charge in [-0.05, 0) is 41.8 Å². The largest absolute Gasteiger partial charge is 0.490 e. The van der Waals surface area contributed by atoms with Gasteiger partial charge in [0.2, 0.25) is 0 Å². The maximum absolute atomic E-state index is 13.7. The maximum Gasteiger partial charge on any atom is 0.346 e. The van der Waals surface area contributed by atoms with E-state index in [9.17, 15) is 13.6 Å². The predicted octanol–water partition coefficient (Wildman–Crippen LogP) is 3.71. The lowest BCUT2D eigenvalue weighted by molar-refractivity contribution is 0.0623. The fraction of sp³-hybridized carbons (Fsp3) is 0.348. The number of ether oxygens (including phenoxy) is 1. The number of aryl methyl sites for hydroxylation is 1. The van der Waals surface area contributed by atoms with Gasteiger partial charge < -0.3 is 4.74 Å². The Bertz CT molecular complexity index is 1220. The molecule has 0 unspecified atom stereocenters. The molecule has 1 fully saturated rings. The van der Waals surface area contributed by atoms with Gasteiger partial charge in [0.15, 0.2) is 0 Å². The summed E-state index contributed by atoms with van der Waals surface area (Å²) in [6.07, 6.45) is 2.78. The van der Waals surface area contributed by atoms with Crippen LogP contribution in [0.3, 0.4) is 0 Å². The number of nitrogens with zero attached hydrogens (tertiary/aromatic N) is 4. The number of rotatable bonds is 5. The summed E-state index contributed by atoms with van der Waals surface area (Å²) in [5.74, 6) is 0.0562. The first-order valence-electron chi connectivity index (χ1n) is 10.3. The Morgan fingerprint density at radius 2 is 1.94 bits per heavy atom. The first kappa shape index (κ1) is 19.5. The van der Waals surface area contributed by atoms with E-state index in [1.165, 1.54) is 16.8 Å². The van der Waals surface area contributed by atoms with E-state index in [4.69, 9.17) is 10.00 Å². The van der Waals surface area contributed by atoms with Crippen LogP contribution in [0.5, 0.6) is 5.75 Å². The molecule has 0 amide bonds. The van der Waals surface area contributed by atoms with Gasteiger partial charge in [-0.15, -0.1) is 0 Å². The molecule has 2 aromatic carbocycles. The van der Waals surface area contributed by atoms with Gasteiger partial charge in [0.05, 0.1) is 24.6 Å². The minimum Gasteiger partial charge on any atom is -0.490 e. The smallest absolute Gasteiger partial charge is 0.346 e. The highest BCUT2D eigenvalue weighted by Gasteiger charge is 2.37. The van der Waals surface area contributed by atoms with Gasteiger partial charge in [0.1, 0.15) is 29.3 Å². The van der Waals surface area contributed by atoms with Gasteiger partial charge in [-0.1, -0.05) is 12.1 Å². The molecule has 0 spiro atoms. The lowest BCUT2D eigenvalue weighted by atomic mass is 9.89. The van der Waals surface area contributed by atoms with Crippen molar-refractivity contribution in [3.8, 4) is 11.8 Å². The summed E-state index contributed by atoms with van der Waals surface area (Å²) in [4.78, 5) is 13.0. The first-order valence-corrected chi connectivity index (χ1v) is 10.3. The highest BCUT2D eigenvalue weighted by molar-refractivity contribution is 5.30. The third kappa shape index (κ3) is 3.61. The molecule has 0 N–H and O–H groups in total. The van der Waals surface area contributed by atoms with Crippen molar-refractivity contribution < 1.29 is 13.5 Å². The molecule has 1 aliphatic carbocycles. The van der Waals surface area contributed by atoms with Crippen molar-refractivity contribution in [3.05, 3.63) is 81.5 Å². The van der Waals surface area contributed by atoms with E-state index in [0.717, 1.165) is 11.6 Å². The molecule has 31 heavy (non-hydrogen) atoms. The van der Waals surface area contributed by atoms with Crippen molar-refractivity contribution in [2.75, 3.05) is 0 Å². The number of benzene rings is 2. The zero-order valence-electron chi connectivity index (χ0n) is 16.7. The van der Waals surface area contributed by atoms with Gasteiger partial charge in [0.25, 0.3) is 0 Å². The van der Waals surface area contributed by atoms with Crippen molar-refractivity contribution >= 4 is 0 Å². The number of halogens is 2. The molecule has 6 nitrogen and oxygen atoms in total. The Hall–Kier alpha value is -3.47. The van der Waals surface area contributed by atoms with Crippen LogP contribution in [0, 0.1) is 23.0 Å². The number of hydrogen-bond acceptors (Lipinski definition) is 4. The first-order chi connectivity index (χ1) is 15.0. The minimum atomic E-state index is -0.651. The van der Waals surface area contributed by atoms with E-state index < -0.39 is 17.7 Å². The summed E-state index contributed by atoms with van der Waals surface area (Å²) in [5.41, 5.74) is 1.10. The Morgan fingerprint density at radius 3 is 2.68 bits per heavy atom. The van der Waals surface area contributed by atoms with Gasteiger partial charge in [-0.25, -0.2) is 18.3 Å². The van der Waals surface area contributed by atoms with Crippen molar-refractivity contribution in [1.82, 2.24) is 14.3 Å². The Balaban J connectivity index is 1.30. The van der Waals surface area contributed by atoms with Gasteiger partial charge in [-0.3, -0.25) is 4.57 Å². The van der Waals surface area contributed by atoms with Crippen molar-refractivity contribution in [2.24, 2.45) is 0 Å². The molecule has 1 saturated carbocycles. The molecule has 2 heterocycles. The predicted molar refractivity (Wildman–Crippen MR) is 108 cm³/mol. The zero-order chi connectivity index (χ0) is 21.5. The van der Waals surface area contributed by atoms with E-state index >= 15 is 0 Å². The summed E-state index contributed by atoms with van der Waals surface area (Å²) in [6.45, 7) is 0. The van der Waals surface area contributed by atoms with Crippen LogP contribution in [0.2, 0.25) is 0 Å². The average Bonchev–Trinajstić information content (AvgIpc) is 3.25. The molecule has 158 valence electrons. The summed E-state index contributed by atoms with van der Waals surface area (Å²) >= 11 is 0. The third-order valence-corrected chi connectivity index (χ3v) is 6.03. The fourth-order valence-electron chi connectivity index (χ4n) is 4.48. The van der Waals surface area contributed by atoms with Crippen LogP contribution in [0.1, 0.15) is 48.3 Å². The fourth-order valence-corrected chi connectivity index (χ4v) is 4.48. The van der Waals surface area contributed by atoms with Crippen LogP contribution in [-0.2, 0) is 12.8 Å². The molecule has 0 bridgehead atoms. The Labute approximate surface area is 177 Å². The van der Waals surface area contributed by atoms with E-state index in [0.29, 0.717) is 49.2 Å². The summed E-state index contributed by atoms with van der Waals surface area (Å²) in [7, 11) is 0. The second-order valence-electron chi connectivity index (χ2n) is 8.12. The van der Waals surface area contributed by atoms with E-state index in [-0.39, 0.29) is 17.8 Å². The lowest BCUT2D eigenvalue weighted by Gasteiger charge is -2.34. The molecular formula is C23H20F2N4O2.